The van der Waals surface area contributed by atoms with E-state index in [1.807, 2.05) is 18.2 Å². The van der Waals surface area contributed by atoms with Crippen molar-refractivity contribution < 1.29 is 18.7 Å². The molecule has 0 aliphatic rings. The van der Waals surface area contributed by atoms with Crippen LogP contribution in [0, 0.1) is 0 Å². The number of carbonyl (C=O) groups is 1. The number of esters is 1. The van der Waals surface area contributed by atoms with E-state index in [4.69, 9.17) is 14.9 Å². The zero-order valence-electron chi connectivity index (χ0n) is 12.7. The highest BCUT2D eigenvalue weighted by Crippen LogP contribution is 2.30. The van der Waals surface area contributed by atoms with E-state index in [-0.39, 0.29) is 0 Å². The van der Waals surface area contributed by atoms with Crippen molar-refractivity contribution in [1.29, 1.82) is 0 Å². The topological polar surface area (TPSA) is 70.8 Å². The Kier molecular flexibility index (Phi) is 5.59. The number of nitrogens with two attached hydrogens (primary N) is 1. The third-order valence-electron chi connectivity index (χ3n) is 2.60. The Labute approximate surface area is 121 Å². The summed E-state index contributed by atoms with van der Waals surface area (Å²) in [7, 11) is 1.19. The third kappa shape index (κ3) is 4.86. The maximum Gasteiger partial charge on any atom is 0.322 e. The Bertz CT molecular complexity index is 471. The highest BCUT2D eigenvalue weighted by Gasteiger charge is 2.20. The fourth-order valence-electron chi connectivity index (χ4n) is 1.75. The molecule has 0 bridgehead atoms. The van der Waals surface area contributed by atoms with E-state index in [0.29, 0.717) is 17.9 Å². The molecule has 1 aromatic rings. The van der Waals surface area contributed by atoms with E-state index < -0.39 is 20.3 Å². The van der Waals surface area contributed by atoms with Crippen LogP contribution in [-0.2, 0) is 16.0 Å². The van der Waals surface area contributed by atoms with Gasteiger partial charge in [-0.25, -0.2) is 0 Å². The van der Waals surface area contributed by atoms with Crippen LogP contribution in [0.2, 0.25) is 19.6 Å². The third-order valence-corrected chi connectivity index (χ3v) is 3.44. The molecule has 1 rings (SSSR count). The molecule has 0 radical (unpaired) electrons. The van der Waals surface area contributed by atoms with Gasteiger partial charge >= 0.3 is 5.97 Å². The van der Waals surface area contributed by atoms with Crippen molar-refractivity contribution >= 4 is 14.3 Å². The maximum absolute atomic E-state index is 11.4. The molecule has 0 amide bonds. The van der Waals surface area contributed by atoms with Crippen molar-refractivity contribution in [2.24, 2.45) is 5.73 Å². The van der Waals surface area contributed by atoms with E-state index in [2.05, 4.69) is 24.4 Å². The zero-order chi connectivity index (χ0) is 15.3. The van der Waals surface area contributed by atoms with Gasteiger partial charge in [-0.1, -0.05) is 6.07 Å². The molecule has 20 heavy (non-hydrogen) atoms. The van der Waals surface area contributed by atoms with Gasteiger partial charge in [-0.2, -0.15) is 0 Å². The second-order valence-electron chi connectivity index (χ2n) is 5.53. The van der Waals surface area contributed by atoms with Gasteiger partial charge in [0.05, 0.1) is 14.2 Å². The lowest BCUT2D eigenvalue weighted by atomic mass is 10.1. The van der Waals surface area contributed by atoms with Crippen molar-refractivity contribution in [1.82, 2.24) is 0 Å². The van der Waals surface area contributed by atoms with Crippen LogP contribution in [0.1, 0.15) is 5.56 Å². The first kappa shape index (κ1) is 16.5. The quantitative estimate of drug-likeness (QED) is 0.642. The van der Waals surface area contributed by atoms with Gasteiger partial charge in [0.25, 0.3) is 0 Å². The molecule has 1 atom stereocenters. The molecular weight excluding hydrogens is 274 g/mol. The first-order valence-electron chi connectivity index (χ1n) is 6.46. The van der Waals surface area contributed by atoms with Gasteiger partial charge in [0, 0.05) is 0 Å². The normalized spacial score (nSPS) is 12.7. The van der Waals surface area contributed by atoms with Crippen molar-refractivity contribution in [2.75, 3.05) is 14.2 Å². The summed E-state index contributed by atoms with van der Waals surface area (Å²) in [5.74, 6) is 0.956. The molecule has 0 aliphatic carbocycles. The summed E-state index contributed by atoms with van der Waals surface area (Å²) in [6, 6.07) is 4.90. The van der Waals surface area contributed by atoms with Gasteiger partial charge in [0.1, 0.15) is 11.8 Å². The molecule has 0 spiro atoms. The van der Waals surface area contributed by atoms with Crippen molar-refractivity contribution in [3.05, 3.63) is 23.8 Å². The Morgan fingerprint density at radius 2 is 1.90 bits per heavy atom. The van der Waals surface area contributed by atoms with Crippen LogP contribution in [0.4, 0.5) is 0 Å². The molecule has 0 aliphatic heterocycles. The van der Waals surface area contributed by atoms with Crippen molar-refractivity contribution in [3.8, 4) is 11.5 Å². The van der Waals surface area contributed by atoms with Gasteiger partial charge < -0.3 is 19.6 Å². The molecule has 0 saturated carbocycles. The average Bonchev–Trinajstić information content (AvgIpc) is 2.36. The number of ether oxygens (including phenoxy) is 2. The average molecular weight is 297 g/mol. The SMILES string of the molecule is COC(=O)C(N)Cc1ccc(OC)c(O[Si](C)(C)C)c1. The largest absolute Gasteiger partial charge is 0.542 e. The Balaban J connectivity index is 2.95. The van der Waals surface area contributed by atoms with E-state index in [1.54, 1.807) is 7.11 Å². The van der Waals surface area contributed by atoms with E-state index in [1.165, 1.54) is 7.11 Å². The van der Waals surface area contributed by atoms with Gasteiger partial charge in [-0.05, 0) is 43.8 Å². The number of hydrogen-bond donors (Lipinski definition) is 1. The summed E-state index contributed by atoms with van der Waals surface area (Å²) >= 11 is 0. The minimum absolute atomic E-state index is 0.402. The van der Waals surface area contributed by atoms with Crippen LogP contribution in [0.15, 0.2) is 18.2 Å². The van der Waals surface area contributed by atoms with Crippen LogP contribution in [0.25, 0.3) is 0 Å². The van der Waals surface area contributed by atoms with Gasteiger partial charge in [0.2, 0.25) is 8.32 Å². The molecule has 0 fully saturated rings. The predicted molar refractivity (Wildman–Crippen MR) is 80.7 cm³/mol. The number of methoxy groups -OCH3 is 2. The van der Waals surface area contributed by atoms with Crippen molar-refractivity contribution in [3.63, 3.8) is 0 Å². The highest BCUT2D eigenvalue weighted by atomic mass is 28.4. The highest BCUT2D eigenvalue weighted by molar-refractivity contribution is 6.70. The number of carbonyl (C=O) groups excluding carboxylic acids is 1. The molecule has 1 unspecified atom stereocenters. The molecule has 0 aromatic heterocycles. The molecule has 0 heterocycles. The standard InChI is InChI=1S/C14H23NO4Si/c1-17-12-7-6-10(8-11(15)14(16)18-2)9-13(12)19-20(3,4)5/h6-7,9,11H,8,15H2,1-5H3. The summed E-state index contributed by atoms with van der Waals surface area (Å²) < 4.78 is 15.9. The lowest BCUT2D eigenvalue weighted by Crippen LogP contribution is -2.33. The zero-order valence-corrected chi connectivity index (χ0v) is 13.7. The number of benzene rings is 1. The van der Waals surface area contributed by atoms with Crippen LogP contribution in [0.3, 0.4) is 0 Å². The fraction of sp³-hybridized carbons (Fsp3) is 0.500. The molecule has 6 heteroatoms. The second-order valence-corrected chi connectivity index (χ2v) is 9.96. The number of hydrogen-bond acceptors (Lipinski definition) is 5. The lowest BCUT2D eigenvalue weighted by molar-refractivity contribution is -0.142. The number of rotatable bonds is 6. The van der Waals surface area contributed by atoms with Crippen LogP contribution < -0.4 is 14.9 Å². The molecule has 112 valence electrons. The van der Waals surface area contributed by atoms with E-state index >= 15 is 0 Å². The molecular formula is C14H23NO4Si. The van der Waals surface area contributed by atoms with Crippen molar-refractivity contribution in [2.45, 2.75) is 32.1 Å². The Morgan fingerprint density at radius 1 is 1.25 bits per heavy atom. The van der Waals surface area contributed by atoms with Gasteiger partial charge in [-0.15, -0.1) is 0 Å². The summed E-state index contributed by atoms with van der Waals surface area (Å²) in [5, 5.41) is 0. The summed E-state index contributed by atoms with van der Waals surface area (Å²) in [6.45, 7) is 6.29. The molecule has 2 N–H and O–H groups in total. The van der Waals surface area contributed by atoms with E-state index in [9.17, 15) is 4.79 Å². The van der Waals surface area contributed by atoms with Crippen LogP contribution in [-0.4, -0.2) is 34.5 Å². The van der Waals surface area contributed by atoms with Gasteiger partial charge in [0.15, 0.2) is 5.75 Å². The van der Waals surface area contributed by atoms with E-state index in [0.717, 1.165) is 5.56 Å². The smallest absolute Gasteiger partial charge is 0.322 e. The maximum atomic E-state index is 11.4. The fourth-order valence-corrected chi connectivity index (χ4v) is 2.57. The molecule has 0 saturated heterocycles. The molecule has 1 aromatic carbocycles. The minimum atomic E-state index is -1.74. The van der Waals surface area contributed by atoms with Crippen LogP contribution in [0.5, 0.6) is 11.5 Å². The first-order valence-corrected chi connectivity index (χ1v) is 9.87. The molecule has 5 nitrogen and oxygen atoms in total. The minimum Gasteiger partial charge on any atom is -0.542 e. The first-order chi connectivity index (χ1) is 9.26. The summed E-state index contributed by atoms with van der Waals surface area (Å²) in [5.41, 5.74) is 6.68. The van der Waals surface area contributed by atoms with Gasteiger partial charge in [-0.3, -0.25) is 4.79 Å². The lowest BCUT2D eigenvalue weighted by Gasteiger charge is -2.22. The Morgan fingerprint density at radius 3 is 2.40 bits per heavy atom. The Hall–Kier alpha value is -1.53. The second kappa shape index (κ2) is 6.76. The summed E-state index contributed by atoms with van der Waals surface area (Å²) in [6.07, 6.45) is 0.402. The summed E-state index contributed by atoms with van der Waals surface area (Å²) in [4.78, 5) is 11.4. The predicted octanol–water partition coefficient (Wildman–Crippen LogP) is 1.95. The van der Waals surface area contributed by atoms with Crippen LogP contribution >= 0.6 is 0 Å². The monoisotopic (exact) mass is 297 g/mol.